The fourth-order valence-corrected chi connectivity index (χ4v) is 5.57. The van der Waals surface area contributed by atoms with Gasteiger partial charge >= 0.3 is 19.8 Å². The summed E-state index contributed by atoms with van der Waals surface area (Å²) >= 11 is 0. The second-order valence-electron chi connectivity index (χ2n) is 13.6. The molecule has 0 saturated heterocycles. The number of carbonyl (C=O) groups excluding carboxylic acids is 2. The number of hydrogen-bond acceptors (Lipinski definition) is 7. The van der Waals surface area contributed by atoms with E-state index in [-0.39, 0.29) is 25.6 Å². The van der Waals surface area contributed by atoms with Gasteiger partial charge in [0.1, 0.15) is 19.8 Å². The van der Waals surface area contributed by atoms with Gasteiger partial charge in [0, 0.05) is 12.8 Å². The summed E-state index contributed by atoms with van der Waals surface area (Å²) < 4.78 is 34.1. The van der Waals surface area contributed by atoms with Gasteiger partial charge < -0.3 is 18.9 Å². The highest BCUT2D eigenvalue weighted by Crippen LogP contribution is 2.43. The van der Waals surface area contributed by atoms with E-state index in [0.717, 1.165) is 51.4 Å². The van der Waals surface area contributed by atoms with Gasteiger partial charge in [-0.25, -0.2) is 4.57 Å². The van der Waals surface area contributed by atoms with Gasteiger partial charge in [0.15, 0.2) is 6.10 Å². The molecule has 0 saturated carbocycles. The molecule has 0 aliphatic rings. The van der Waals surface area contributed by atoms with Crippen LogP contribution < -0.4 is 0 Å². The van der Waals surface area contributed by atoms with Gasteiger partial charge in [-0.3, -0.25) is 18.6 Å². The number of hydrogen-bond donors (Lipinski definition) is 1. The number of quaternary nitrogens is 1. The van der Waals surface area contributed by atoms with E-state index in [4.69, 9.17) is 18.5 Å². The first-order valence-electron chi connectivity index (χ1n) is 18.4. The topological polar surface area (TPSA) is 108 Å². The van der Waals surface area contributed by atoms with Crippen LogP contribution in [0.4, 0.5) is 0 Å². The molecule has 272 valence electrons. The van der Waals surface area contributed by atoms with Crippen LogP contribution in [-0.4, -0.2) is 74.9 Å². The number of unbranched alkanes of at least 4 members (excludes halogenated alkanes) is 17. The summed E-state index contributed by atoms with van der Waals surface area (Å²) in [6, 6.07) is 0. The van der Waals surface area contributed by atoms with Gasteiger partial charge in [-0.05, 0) is 38.5 Å². The molecule has 0 rings (SSSR count). The molecule has 0 aromatic heterocycles. The quantitative estimate of drug-likeness (QED) is 0.0241. The number of rotatable bonds is 33. The highest BCUT2D eigenvalue weighted by molar-refractivity contribution is 7.47. The van der Waals surface area contributed by atoms with Crippen LogP contribution in [0.3, 0.4) is 0 Å². The standard InChI is InChI=1S/C36H70NO8P/c1-6-8-10-12-14-16-18-19-21-23-25-27-29-36(39)45-34(33-44-46(40,41)43-31-30-37(3,4)5)32-42-35(38)28-26-24-22-20-17-15-13-11-9-7-2/h14,16,34H,6-13,15,17-33H2,1-5H3/p+1/b16-14+/t34-/m0/s1. The molecule has 0 aliphatic heterocycles. The second kappa shape index (κ2) is 29.9. The Morgan fingerprint density at radius 2 is 1.11 bits per heavy atom. The fourth-order valence-electron chi connectivity index (χ4n) is 4.83. The van der Waals surface area contributed by atoms with Crippen LogP contribution in [0, 0.1) is 0 Å². The zero-order valence-corrected chi connectivity index (χ0v) is 31.2. The van der Waals surface area contributed by atoms with Crippen LogP contribution in [0.25, 0.3) is 0 Å². The minimum Gasteiger partial charge on any atom is -0.462 e. The Morgan fingerprint density at radius 3 is 1.65 bits per heavy atom. The van der Waals surface area contributed by atoms with Crippen molar-refractivity contribution >= 4 is 19.8 Å². The molecule has 2 atom stereocenters. The highest BCUT2D eigenvalue weighted by Gasteiger charge is 2.27. The fraction of sp³-hybridized carbons (Fsp3) is 0.889. The SMILES string of the molecule is CCCCC/C=C/CCCCCCCC(=O)O[C@@H](COC(=O)CCCCCCCCCCCC)COP(=O)(O)OCC[N+](C)(C)C. The monoisotopic (exact) mass is 676 g/mol. The summed E-state index contributed by atoms with van der Waals surface area (Å²) in [6.07, 6.45) is 26.9. The minimum atomic E-state index is -4.36. The lowest BCUT2D eigenvalue weighted by Crippen LogP contribution is -2.37. The largest absolute Gasteiger partial charge is 0.472 e. The maximum atomic E-state index is 12.6. The van der Waals surface area contributed by atoms with Crippen molar-refractivity contribution in [3.05, 3.63) is 12.2 Å². The predicted octanol–water partition coefficient (Wildman–Crippen LogP) is 9.46. The number of esters is 2. The lowest BCUT2D eigenvalue weighted by atomic mass is 10.1. The van der Waals surface area contributed by atoms with Crippen molar-refractivity contribution in [3.8, 4) is 0 Å². The van der Waals surface area contributed by atoms with Crippen LogP contribution in [-0.2, 0) is 32.7 Å². The molecule has 0 amide bonds. The van der Waals surface area contributed by atoms with E-state index in [2.05, 4.69) is 26.0 Å². The van der Waals surface area contributed by atoms with E-state index in [1.165, 1.54) is 70.6 Å². The van der Waals surface area contributed by atoms with E-state index < -0.39 is 26.5 Å². The number of nitrogens with zero attached hydrogens (tertiary/aromatic N) is 1. The number of likely N-dealkylation sites (N-methyl/N-ethyl adjacent to an activating group) is 1. The first kappa shape index (κ1) is 44.8. The summed E-state index contributed by atoms with van der Waals surface area (Å²) in [5, 5.41) is 0. The molecule has 0 bridgehead atoms. The van der Waals surface area contributed by atoms with E-state index in [1.807, 2.05) is 21.1 Å². The molecule has 9 nitrogen and oxygen atoms in total. The van der Waals surface area contributed by atoms with E-state index in [9.17, 15) is 19.0 Å². The summed E-state index contributed by atoms with van der Waals surface area (Å²) in [6.45, 7) is 4.36. The molecule has 0 fully saturated rings. The molecule has 0 aliphatic carbocycles. The normalized spacial score (nSPS) is 14.0. The summed E-state index contributed by atoms with van der Waals surface area (Å²) in [5.41, 5.74) is 0. The lowest BCUT2D eigenvalue weighted by Gasteiger charge is -2.24. The van der Waals surface area contributed by atoms with E-state index in [0.29, 0.717) is 23.9 Å². The Morgan fingerprint density at radius 1 is 0.652 bits per heavy atom. The number of ether oxygens (including phenoxy) is 2. The molecule has 1 N–H and O–H groups in total. The van der Waals surface area contributed by atoms with E-state index >= 15 is 0 Å². The summed E-state index contributed by atoms with van der Waals surface area (Å²) in [4.78, 5) is 35.0. The van der Waals surface area contributed by atoms with Gasteiger partial charge in [0.2, 0.25) is 0 Å². The van der Waals surface area contributed by atoms with Gasteiger partial charge in [0.25, 0.3) is 0 Å². The van der Waals surface area contributed by atoms with Crippen LogP contribution in [0.2, 0.25) is 0 Å². The van der Waals surface area contributed by atoms with Crippen LogP contribution in [0.1, 0.15) is 155 Å². The third-order valence-electron chi connectivity index (χ3n) is 7.80. The molecule has 0 aromatic rings. The predicted molar refractivity (Wildman–Crippen MR) is 188 cm³/mol. The van der Waals surface area contributed by atoms with Gasteiger partial charge in [-0.1, -0.05) is 116 Å². The first-order chi connectivity index (χ1) is 22.0. The van der Waals surface area contributed by atoms with Crippen LogP contribution in [0.5, 0.6) is 0 Å². The Bertz CT molecular complexity index is 814. The molecule has 46 heavy (non-hydrogen) atoms. The average Bonchev–Trinajstić information content (AvgIpc) is 2.99. The number of allylic oxidation sites excluding steroid dienone is 2. The Kier molecular flexibility index (Phi) is 29.0. The van der Waals surface area contributed by atoms with Gasteiger partial charge in [0.05, 0.1) is 27.7 Å². The Labute approximate surface area is 282 Å². The smallest absolute Gasteiger partial charge is 0.462 e. The van der Waals surface area contributed by atoms with Gasteiger partial charge in [-0.15, -0.1) is 0 Å². The molecular weight excluding hydrogens is 605 g/mol. The zero-order valence-electron chi connectivity index (χ0n) is 30.3. The number of carbonyl (C=O) groups is 2. The van der Waals surface area contributed by atoms with Crippen molar-refractivity contribution < 1.29 is 42.1 Å². The summed E-state index contributed by atoms with van der Waals surface area (Å²) in [5.74, 6) is -0.809. The maximum Gasteiger partial charge on any atom is 0.472 e. The van der Waals surface area contributed by atoms with Crippen molar-refractivity contribution in [1.82, 2.24) is 0 Å². The van der Waals surface area contributed by atoms with Crippen LogP contribution >= 0.6 is 7.82 Å². The third-order valence-corrected chi connectivity index (χ3v) is 8.78. The van der Waals surface area contributed by atoms with Crippen molar-refractivity contribution in [2.24, 2.45) is 0 Å². The van der Waals surface area contributed by atoms with Crippen molar-refractivity contribution in [2.45, 2.75) is 161 Å². The average molecular weight is 677 g/mol. The molecule has 10 heteroatoms. The number of phosphoric ester groups is 1. The molecule has 0 spiro atoms. The van der Waals surface area contributed by atoms with Crippen molar-refractivity contribution in [2.75, 3.05) is 47.5 Å². The Hall–Kier alpha value is -1.25. The molecule has 0 heterocycles. The lowest BCUT2D eigenvalue weighted by molar-refractivity contribution is -0.870. The molecule has 1 unspecified atom stereocenters. The van der Waals surface area contributed by atoms with Gasteiger partial charge in [-0.2, -0.15) is 0 Å². The van der Waals surface area contributed by atoms with Crippen molar-refractivity contribution in [3.63, 3.8) is 0 Å². The summed E-state index contributed by atoms with van der Waals surface area (Å²) in [7, 11) is 1.47. The van der Waals surface area contributed by atoms with Crippen molar-refractivity contribution in [1.29, 1.82) is 0 Å². The minimum absolute atomic E-state index is 0.0326. The molecule has 0 aromatic carbocycles. The third kappa shape index (κ3) is 32.7. The Balaban J connectivity index is 4.48. The van der Waals surface area contributed by atoms with E-state index in [1.54, 1.807) is 0 Å². The first-order valence-corrected chi connectivity index (χ1v) is 19.9. The maximum absolute atomic E-state index is 12.6. The molecular formula is C36H71NO8P+. The number of phosphoric acid groups is 1. The second-order valence-corrected chi connectivity index (χ2v) is 15.1. The van der Waals surface area contributed by atoms with Crippen LogP contribution in [0.15, 0.2) is 12.2 Å². The zero-order chi connectivity index (χ0) is 34.4. The molecule has 0 radical (unpaired) electrons. The highest BCUT2D eigenvalue weighted by atomic mass is 31.2.